The topological polar surface area (TPSA) is 114 Å². The van der Waals surface area contributed by atoms with E-state index in [0.29, 0.717) is 19.5 Å². The second-order valence-corrected chi connectivity index (χ2v) is 7.11. The quantitative estimate of drug-likeness (QED) is 0.788. The van der Waals surface area contributed by atoms with Gasteiger partial charge in [-0.1, -0.05) is 6.07 Å². The number of fused-ring (bicyclic) bond motifs is 2. The van der Waals surface area contributed by atoms with E-state index in [2.05, 4.69) is 9.97 Å². The standard InChI is InChI=1S/C18H21N5O3/c19-17-20-15-12(16(26)21-17)4-5-18(15)6-9-22(10-7-18)14(25)11-23-8-2-1-3-13(23)24/h1-3,8H,4-7,9-11H2,(H3,19,20,21,26). The predicted molar refractivity (Wildman–Crippen MR) is 95.8 cm³/mol. The number of hydrogen-bond acceptors (Lipinski definition) is 5. The number of rotatable bonds is 2. The van der Waals surface area contributed by atoms with Gasteiger partial charge in [-0.2, -0.15) is 0 Å². The molecule has 3 heterocycles. The fourth-order valence-corrected chi connectivity index (χ4v) is 4.18. The SMILES string of the molecule is Nc1nc2c(c(=O)[nH]1)CCC21CCN(C(=O)Cn2ccccc2=O)CC1. The molecule has 136 valence electrons. The molecule has 2 aliphatic rings. The molecule has 3 N–H and O–H groups in total. The van der Waals surface area contributed by atoms with Crippen molar-refractivity contribution in [2.24, 2.45) is 0 Å². The summed E-state index contributed by atoms with van der Waals surface area (Å²) in [5, 5.41) is 0. The molecule has 8 nitrogen and oxygen atoms in total. The molecule has 2 aromatic heterocycles. The summed E-state index contributed by atoms with van der Waals surface area (Å²) < 4.78 is 1.42. The first-order chi connectivity index (χ1) is 12.5. The number of piperidine rings is 1. The Kier molecular flexibility index (Phi) is 3.90. The van der Waals surface area contributed by atoms with Crippen molar-refractivity contribution in [1.29, 1.82) is 0 Å². The smallest absolute Gasteiger partial charge is 0.255 e. The number of pyridine rings is 1. The molecule has 0 saturated carbocycles. The first kappa shape index (κ1) is 16.6. The summed E-state index contributed by atoms with van der Waals surface area (Å²) in [6, 6.07) is 4.84. The van der Waals surface area contributed by atoms with Crippen molar-refractivity contribution >= 4 is 11.9 Å². The summed E-state index contributed by atoms with van der Waals surface area (Å²) >= 11 is 0. The van der Waals surface area contributed by atoms with E-state index in [1.54, 1.807) is 23.2 Å². The van der Waals surface area contributed by atoms with Crippen LogP contribution in [0.2, 0.25) is 0 Å². The molecule has 1 aliphatic carbocycles. The molecule has 26 heavy (non-hydrogen) atoms. The number of likely N-dealkylation sites (tertiary alicyclic amines) is 1. The molecule has 1 spiro atoms. The van der Waals surface area contributed by atoms with Crippen molar-refractivity contribution in [2.45, 2.75) is 37.6 Å². The van der Waals surface area contributed by atoms with E-state index >= 15 is 0 Å². The van der Waals surface area contributed by atoms with Crippen molar-refractivity contribution in [3.63, 3.8) is 0 Å². The number of nitrogens with one attached hydrogen (secondary N) is 1. The molecule has 1 amide bonds. The van der Waals surface area contributed by atoms with Crippen LogP contribution in [0.15, 0.2) is 34.0 Å². The number of nitrogens with two attached hydrogens (primary N) is 1. The van der Waals surface area contributed by atoms with Crippen LogP contribution in [0.25, 0.3) is 0 Å². The summed E-state index contributed by atoms with van der Waals surface area (Å²) in [6.07, 6.45) is 4.70. The Bertz CT molecular complexity index is 969. The zero-order chi connectivity index (χ0) is 18.3. The van der Waals surface area contributed by atoms with Crippen LogP contribution >= 0.6 is 0 Å². The van der Waals surface area contributed by atoms with Crippen LogP contribution in [0, 0.1) is 0 Å². The predicted octanol–water partition coefficient (Wildman–Crippen LogP) is 0.0204. The summed E-state index contributed by atoms with van der Waals surface area (Å²) in [5.74, 6) is 0.0849. The van der Waals surface area contributed by atoms with Gasteiger partial charge < -0.3 is 15.2 Å². The molecule has 0 aromatic carbocycles. The van der Waals surface area contributed by atoms with E-state index in [-0.39, 0.29) is 34.9 Å². The van der Waals surface area contributed by atoms with E-state index in [1.807, 2.05) is 0 Å². The van der Waals surface area contributed by atoms with Gasteiger partial charge in [0.15, 0.2) is 0 Å². The first-order valence-corrected chi connectivity index (χ1v) is 8.81. The van der Waals surface area contributed by atoms with Gasteiger partial charge in [0.05, 0.1) is 5.69 Å². The molecule has 0 unspecified atom stereocenters. The van der Waals surface area contributed by atoms with E-state index in [1.165, 1.54) is 10.6 Å². The van der Waals surface area contributed by atoms with Gasteiger partial charge in [-0.05, 0) is 31.7 Å². The number of anilines is 1. The van der Waals surface area contributed by atoms with Gasteiger partial charge in [-0.15, -0.1) is 0 Å². The van der Waals surface area contributed by atoms with Crippen LogP contribution in [-0.4, -0.2) is 38.4 Å². The van der Waals surface area contributed by atoms with Gasteiger partial charge in [0, 0.05) is 36.3 Å². The number of carbonyl (C=O) groups is 1. The number of nitrogens with zero attached hydrogens (tertiary/aromatic N) is 3. The van der Waals surface area contributed by atoms with E-state index in [0.717, 1.165) is 30.5 Å². The van der Waals surface area contributed by atoms with Gasteiger partial charge in [-0.25, -0.2) is 4.98 Å². The molecular weight excluding hydrogens is 334 g/mol. The van der Waals surface area contributed by atoms with E-state index < -0.39 is 0 Å². The Hall–Kier alpha value is -2.90. The number of H-pyrrole nitrogens is 1. The molecule has 1 aliphatic heterocycles. The third kappa shape index (κ3) is 2.71. The minimum atomic E-state index is -0.182. The monoisotopic (exact) mass is 355 g/mol. The number of hydrogen-bond donors (Lipinski definition) is 2. The molecule has 1 saturated heterocycles. The Labute approximate surface area is 149 Å². The van der Waals surface area contributed by atoms with Gasteiger partial charge >= 0.3 is 0 Å². The Morgan fingerprint density at radius 2 is 2.00 bits per heavy atom. The number of aromatic nitrogens is 3. The zero-order valence-corrected chi connectivity index (χ0v) is 14.4. The lowest BCUT2D eigenvalue weighted by Crippen LogP contribution is -2.46. The average Bonchev–Trinajstić information content (AvgIpc) is 2.96. The van der Waals surface area contributed by atoms with Gasteiger partial charge in [0.1, 0.15) is 6.54 Å². The third-order valence-corrected chi connectivity index (χ3v) is 5.67. The van der Waals surface area contributed by atoms with Crippen molar-refractivity contribution in [3.05, 3.63) is 56.4 Å². The molecule has 1 fully saturated rings. The van der Waals surface area contributed by atoms with Gasteiger partial charge in [0.25, 0.3) is 11.1 Å². The Balaban J connectivity index is 1.49. The molecule has 0 bridgehead atoms. The second-order valence-electron chi connectivity index (χ2n) is 7.11. The van der Waals surface area contributed by atoms with E-state index in [4.69, 9.17) is 5.73 Å². The molecule has 8 heteroatoms. The number of nitrogen functional groups attached to an aromatic ring is 1. The lowest BCUT2D eigenvalue weighted by atomic mass is 9.76. The Morgan fingerprint density at radius 3 is 2.73 bits per heavy atom. The lowest BCUT2D eigenvalue weighted by molar-refractivity contribution is -0.133. The van der Waals surface area contributed by atoms with Crippen LogP contribution in [0.5, 0.6) is 0 Å². The number of amides is 1. The maximum Gasteiger partial charge on any atom is 0.255 e. The second kappa shape index (κ2) is 6.12. The third-order valence-electron chi connectivity index (χ3n) is 5.67. The zero-order valence-electron chi connectivity index (χ0n) is 14.4. The molecule has 0 atom stereocenters. The highest BCUT2D eigenvalue weighted by Gasteiger charge is 2.44. The lowest BCUT2D eigenvalue weighted by Gasteiger charge is -2.39. The highest BCUT2D eigenvalue weighted by atomic mass is 16.2. The van der Waals surface area contributed by atoms with Crippen LogP contribution in [0.4, 0.5) is 5.95 Å². The Morgan fingerprint density at radius 1 is 1.23 bits per heavy atom. The molecule has 2 aromatic rings. The number of carbonyl (C=O) groups excluding carboxylic acids is 1. The highest BCUT2D eigenvalue weighted by molar-refractivity contribution is 5.76. The van der Waals surface area contributed by atoms with Gasteiger partial charge in [-0.3, -0.25) is 19.4 Å². The minimum absolute atomic E-state index is 0.0497. The molecule has 0 radical (unpaired) electrons. The summed E-state index contributed by atoms with van der Waals surface area (Å²) in [5.41, 5.74) is 6.78. The van der Waals surface area contributed by atoms with Crippen LogP contribution < -0.4 is 16.9 Å². The molecule has 4 rings (SSSR count). The van der Waals surface area contributed by atoms with E-state index in [9.17, 15) is 14.4 Å². The summed E-state index contributed by atoms with van der Waals surface area (Å²) in [6.45, 7) is 1.23. The minimum Gasteiger partial charge on any atom is -0.369 e. The van der Waals surface area contributed by atoms with Crippen molar-refractivity contribution in [1.82, 2.24) is 19.4 Å². The largest absolute Gasteiger partial charge is 0.369 e. The fourth-order valence-electron chi connectivity index (χ4n) is 4.18. The maximum atomic E-state index is 12.6. The summed E-state index contributed by atoms with van der Waals surface area (Å²) in [4.78, 5) is 45.2. The normalized spacial score (nSPS) is 18.1. The first-order valence-electron chi connectivity index (χ1n) is 8.81. The summed E-state index contributed by atoms with van der Waals surface area (Å²) in [7, 11) is 0. The fraction of sp³-hybridized carbons (Fsp3) is 0.444. The van der Waals surface area contributed by atoms with Crippen LogP contribution in [-0.2, 0) is 23.2 Å². The van der Waals surface area contributed by atoms with Crippen LogP contribution in [0.1, 0.15) is 30.5 Å². The van der Waals surface area contributed by atoms with Crippen molar-refractivity contribution in [2.75, 3.05) is 18.8 Å². The maximum absolute atomic E-state index is 12.6. The van der Waals surface area contributed by atoms with Crippen molar-refractivity contribution < 1.29 is 4.79 Å². The molecular formula is C18H21N5O3. The average molecular weight is 355 g/mol. The number of aromatic amines is 1. The highest BCUT2D eigenvalue weighted by Crippen LogP contribution is 2.44. The van der Waals surface area contributed by atoms with Gasteiger partial charge in [0.2, 0.25) is 11.9 Å². The van der Waals surface area contributed by atoms with Crippen LogP contribution in [0.3, 0.4) is 0 Å². The van der Waals surface area contributed by atoms with Crippen molar-refractivity contribution in [3.8, 4) is 0 Å².